The molecule has 0 bridgehead atoms. The highest BCUT2D eigenvalue weighted by Crippen LogP contribution is 2.45. The van der Waals surface area contributed by atoms with Crippen LogP contribution >= 0.6 is 11.3 Å². The molecule has 3 heterocycles. The summed E-state index contributed by atoms with van der Waals surface area (Å²) < 4.78 is 22.4. The van der Waals surface area contributed by atoms with Crippen LogP contribution in [-0.4, -0.2) is 37.7 Å². The molecule has 2 aromatic heterocycles. The van der Waals surface area contributed by atoms with Crippen LogP contribution in [0.15, 0.2) is 45.6 Å². The summed E-state index contributed by atoms with van der Waals surface area (Å²) in [4.78, 5) is 46.3. The molecule has 39 heavy (non-hydrogen) atoms. The normalized spacial score (nSPS) is 14.5. The highest BCUT2D eigenvalue weighted by atomic mass is 32.1. The number of amides is 1. The molecule has 0 saturated carbocycles. The summed E-state index contributed by atoms with van der Waals surface area (Å²) in [6.45, 7) is 6.17. The molecule has 4 aromatic rings. The number of ether oxygens (including phenoxy) is 3. The molecule has 1 aliphatic heterocycles. The van der Waals surface area contributed by atoms with Crippen molar-refractivity contribution in [1.29, 1.82) is 0 Å². The molecule has 0 fully saturated rings. The lowest BCUT2D eigenvalue weighted by molar-refractivity contribution is 0.0605. The first-order chi connectivity index (χ1) is 18.8. The molecular formula is C29H28N2O7S. The number of anilines is 1. The molecule has 0 spiro atoms. The highest BCUT2D eigenvalue weighted by molar-refractivity contribution is 7.17. The van der Waals surface area contributed by atoms with E-state index in [1.54, 1.807) is 37.3 Å². The van der Waals surface area contributed by atoms with Gasteiger partial charge < -0.3 is 18.6 Å². The molecule has 1 aliphatic rings. The number of methoxy groups -OCH3 is 2. The van der Waals surface area contributed by atoms with E-state index in [1.807, 2.05) is 13.0 Å². The van der Waals surface area contributed by atoms with Crippen molar-refractivity contribution in [3.63, 3.8) is 0 Å². The van der Waals surface area contributed by atoms with Gasteiger partial charge in [-0.2, -0.15) is 0 Å². The lowest BCUT2D eigenvalue weighted by Crippen LogP contribution is -2.29. The Morgan fingerprint density at radius 3 is 2.62 bits per heavy atom. The van der Waals surface area contributed by atoms with E-state index in [1.165, 1.54) is 19.1 Å². The quantitative estimate of drug-likeness (QED) is 0.207. The molecule has 0 N–H and O–H groups in total. The van der Waals surface area contributed by atoms with Crippen LogP contribution in [0.3, 0.4) is 0 Å². The Morgan fingerprint density at radius 2 is 1.90 bits per heavy atom. The van der Waals surface area contributed by atoms with Gasteiger partial charge in [0.2, 0.25) is 5.76 Å². The average Bonchev–Trinajstić information content (AvgIpc) is 3.46. The van der Waals surface area contributed by atoms with Crippen molar-refractivity contribution < 1.29 is 28.2 Å². The zero-order valence-corrected chi connectivity index (χ0v) is 23.1. The Kier molecular flexibility index (Phi) is 7.14. The molecule has 0 aliphatic carbocycles. The zero-order valence-electron chi connectivity index (χ0n) is 22.3. The number of hydrogen-bond donors (Lipinski definition) is 0. The van der Waals surface area contributed by atoms with Crippen molar-refractivity contribution in [2.75, 3.05) is 25.7 Å². The average molecular weight is 549 g/mol. The van der Waals surface area contributed by atoms with E-state index in [4.69, 9.17) is 18.6 Å². The van der Waals surface area contributed by atoms with Crippen molar-refractivity contribution in [3.8, 4) is 11.5 Å². The van der Waals surface area contributed by atoms with E-state index in [9.17, 15) is 14.4 Å². The van der Waals surface area contributed by atoms with Gasteiger partial charge >= 0.3 is 5.97 Å². The van der Waals surface area contributed by atoms with E-state index in [0.29, 0.717) is 40.3 Å². The fourth-order valence-electron chi connectivity index (χ4n) is 4.67. The number of carbonyl (C=O) groups excluding carboxylic acids is 2. The molecule has 9 nitrogen and oxygen atoms in total. The van der Waals surface area contributed by atoms with Crippen molar-refractivity contribution in [2.24, 2.45) is 0 Å². The smallest absolute Gasteiger partial charge is 0.350 e. The van der Waals surface area contributed by atoms with E-state index >= 15 is 0 Å². The maximum atomic E-state index is 13.9. The monoisotopic (exact) mass is 548 g/mol. The fraction of sp³-hybridized carbons (Fsp3) is 0.310. The van der Waals surface area contributed by atoms with Gasteiger partial charge in [-0.15, -0.1) is 0 Å². The van der Waals surface area contributed by atoms with Crippen molar-refractivity contribution in [1.82, 2.24) is 4.98 Å². The molecule has 0 saturated heterocycles. The number of fused-ring (bicyclic) bond motifs is 2. The van der Waals surface area contributed by atoms with Gasteiger partial charge in [-0.05, 0) is 50.1 Å². The largest absolute Gasteiger partial charge is 0.493 e. The van der Waals surface area contributed by atoms with Gasteiger partial charge in [0.25, 0.3) is 5.91 Å². The van der Waals surface area contributed by atoms with Gasteiger partial charge in [-0.25, -0.2) is 9.78 Å². The number of esters is 1. The first-order valence-electron chi connectivity index (χ1n) is 12.6. The van der Waals surface area contributed by atoms with Crippen LogP contribution in [-0.2, 0) is 4.74 Å². The number of rotatable bonds is 8. The molecule has 2 aromatic carbocycles. The summed E-state index contributed by atoms with van der Waals surface area (Å²) in [7, 11) is 2.82. The van der Waals surface area contributed by atoms with Crippen LogP contribution in [0.25, 0.3) is 11.0 Å². The van der Waals surface area contributed by atoms with Crippen LogP contribution in [0.5, 0.6) is 11.5 Å². The number of nitrogens with zero attached hydrogens (tertiary/aromatic N) is 2. The van der Waals surface area contributed by atoms with Crippen molar-refractivity contribution in [3.05, 3.63) is 79.6 Å². The maximum Gasteiger partial charge on any atom is 0.350 e. The summed E-state index contributed by atoms with van der Waals surface area (Å²) in [5.74, 6) is -0.109. The number of hydrogen-bond acceptors (Lipinski definition) is 9. The lowest BCUT2D eigenvalue weighted by atomic mass is 9.98. The van der Waals surface area contributed by atoms with Gasteiger partial charge in [0.1, 0.15) is 10.5 Å². The van der Waals surface area contributed by atoms with E-state index < -0.39 is 17.9 Å². The summed E-state index contributed by atoms with van der Waals surface area (Å²) in [5, 5.41) is 0.627. The lowest BCUT2D eigenvalue weighted by Gasteiger charge is -2.23. The van der Waals surface area contributed by atoms with Crippen LogP contribution in [0.4, 0.5) is 5.13 Å². The molecule has 5 rings (SSSR count). The minimum absolute atomic E-state index is 0.0592. The number of thiazole rings is 1. The van der Waals surface area contributed by atoms with Crippen LogP contribution < -0.4 is 19.8 Å². The van der Waals surface area contributed by atoms with E-state index in [-0.39, 0.29) is 26.8 Å². The van der Waals surface area contributed by atoms with E-state index in [2.05, 4.69) is 11.9 Å². The highest BCUT2D eigenvalue weighted by Gasteiger charge is 2.45. The van der Waals surface area contributed by atoms with Gasteiger partial charge in [0, 0.05) is 0 Å². The van der Waals surface area contributed by atoms with Gasteiger partial charge in [0.05, 0.1) is 43.5 Å². The predicted molar refractivity (Wildman–Crippen MR) is 147 cm³/mol. The second-order valence-corrected chi connectivity index (χ2v) is 10.2. The third-order valence-electron chi connectivity index (χ3n) is 6.65. The van der Waals surface area contributed by atoms with Crippen molar-refractivity contribution in [2.45, 2.75) is 39.7 Å². The zero-order chi connectivity index (χ0) is 27.8. The van der Waals surface area contributed by atoms with Gasteiger partial charge in [-0.3, -0.25) is 14.5 Å². The summed E-state index contributed by atoms with van der Waals surface area (Å²) >= 11 is 1.02. The summed E-state index contributed by atoms with van der Waals surface area (Å²) in [5.41, 5.74) is 2.13. The topological polar surface area (TPSA) is 108 Å². The number of aromatic nitrogens is 1. The molecule has 202 valence electrons. The van der Waals surface area contributed by atoms with Crippen LogP contribution in [0, 0.1) is 13.8 Å². The third kappa shape index (κ3) is 4.54. The molecule has 0 radical (unpaired) electrons. The Bertz CT molecular complexity index is 1660. The minimum Gasteiger partial charge on any atom is -0.493 e. The van der Waals surface area contributed by atoms with E-state index in [0.717, 1.165) is 29.7 Å². The Hall–Kier alpha value is -4.18. The standard InChI is InChI=1S/C29H28N2O7S/c1-6-7-12-37-20-11-9-17(14-21(20)35-4)23-22-24(32)18-13-15(2)8-10-19(18)38-25(22)27(33)31(23)29-30-16(3)26(39-29)28(34)36-5/h8-11,13-14,23H,6-7,12H2,1-5H3. The molecular weight excluding hydrogens is 520 g/mol. The first kappa shape index (κ1) is 26.4. The Morgan fingerprint density at radius 1 is 1.10 bits per heavy atom. The van der Waals surface area contributed by atoms with Crippen molar-refractivity contribution >= 4 is 39.3 Å². The third-order valence-corrected chi connectivity index (χ3v) is 7.78. The number of carbonyl (C=O) groups is 2. The number of aryl methyl sites for hydroxylation is 2. The van der Waals surface area contributed by atoms with Gasteiger partial charge in [-0.1, -0.05) is 42.4 Å². The molecule has 10 heteroatoms. The Labute approximate surface area is 228 Å². The molecule has 1 amide bonds. The summed E-state index contributed by atoms with van der Waals surface area (Å²) in [6, 6.07) is 9.70. The Balaban J connectivity index is 1.72. The second kappa shape index (κ2) is 10.5. The molecule has 1 atom stereocenters. The van der Waals surface area contributed by atoms with Crippen LogP contribution in [0.1, 0.15) is 68.4 Å². The number of benzene rings is 2. The fourth-order valence-corrected chi connectivity index (χ4v) is 5.68. The number of unbranched alkanes of at least 4 members (excludes halogenated alkanes) is 1. The first-order valence-corrected chi connectivity index (χ1v) is 13.4. The van der Waals surface area contributed by atoms with Gasteiger partial charge in [0.15, 0.2) is 22.1 Å². The van der Waals surface area contributed by atoms with Crippen LogP contribution in [0.2, 0.25) is 0 Å². The molecule has 1 unspecified atom stereocenters. The SMILES string of the molecule is CCCCOc1ccc(C2c3c(oc4ccc(C)cc4c3=O)C(=O)N2c2nc(C)c(C(=O)OC)s2)cc1OC. The predicted octanol–water partition coefficient (Wildman–Crippen LogP) is 5.59. The maximum absolute atomic E-state index is 13.9. The minimum atomic E-state index is -0.872. The summed E-state index contributed by atoms with van der Waals surface area (Å²) in [6.07, 6.45) is 1.88. The second-order valence-electron chi connectivity index (χ2n) is 9.27.